The minimum atomic E-state index is -1.09. The zero-order valence-electron chi connectivity index (χ0n) is 11.2. The maximum atomic E-state index is 13.7. The fraction of sp³-hybridized carbons (Fsp3) is 0.429. The van der Waals surface area contributed by atoms with Crippen molar-refractivity contribution in [1.82, 2.24) is 10.6 Å². The number of aliphatic hydroxyl groups is 1. The summed E-state index contributed by atoms with van der Waals surface area (Å²) in [6.45, 7) is -0.0784. The van der Waals surface area contributed by atoms with E-state index in [9.17, 15) is 23.5 Å². The number of hydrogen-bond acceptors (Lipinski definition) is 3. The van der Waals surface area contributed by atoms with Crippen LogP contribution in [-0.2, 0) is 9.59 Å². The van der Waals surface area contributed by atoms with Gasteiger partial charge in [0.25, 0.3) is 0 Å². The number of amides is 2. The molecule has 0 saturated carbocycles. The number of piperidine rings is 1. The molecule has 114 valence electrons. The summed E-state index contributed by atoms with van der Waals surface area (Å²) in [7, 11) is 0. The number of halogens is 2. The maximum absolute atomic E-state index is 13.7. The molecule has 1 heterocycles. The van der Waals surface area contributed by atoms with E-state index in [4.69, 9.17) is 0 Å². The van der Waals surface area contributed by atoms with Gasteiger partial charge in [0.15, 0.2) is 0 Å². The Hall–Kier alpha value is -2.02. The third-order valence-corrected chi connectivity index (χ3v) is 3.43. The molecule has 2 amide bonds. The van der Waals surface area contributed by atoms with Gasteiger partial charge in [0.05, 0.1) is 12.6 Å². The van der Waals surface area contributed by atoms with Gasteiger partial charge in [0.1, 0.15) is 17.6 Å². The summed E-state index contributed by atoms with van der Waals surface area (Å²) < 4.78 is 26.8. The van der Waals surface area contributed by atoms with Crippen LogP contribution in [0.5, 0.6) is 0 Å². The van der Waals surface area contributed by atoms with E-state index in [1.807, 2.05) is 0 Å². The zero-order chi connectivity index (χ0) is 15.4. The van der Waals surface area contributed by atoms with Gasteiger partial charge in [-0.25, -0.2) is 8.78 Å². The zero-order valence-corrected chi connectivity index (χ0v) is 11.2. The van der Waals surface area contributed by atoms with Crippen LogP contribution in [0.25, 0.3) is 0 Å². The molecule has 1 aliphatic rings. The Morgan fingerprint density at radius 3 is 2.90 bits per heavy atom. The second-order valence-corrected chi connectivity index (χ2v) is 4.90. The summed E-state index contributed by atoms with van der Waals surface area (Å²) in [4.78, 5) is 23.6. The lowest BCUT2D eigenvalue weighted by molar-refractivity contribution is -0.137. The van der Waals surface area contributed by atoms with E-state index in [0.29, 0.717) is 19.4 Å². The van der Waals surface area contributed by atoms with Crippen molar-refractivity contribution in [2.45, 2.75) is 18.9 Å². The summed E-state index contributed by atoms with van der Waals surface area (Å²) >= 11 is 0. The van der Waals surface area contributed by atoms with Gasteiger partial charge in [0.2, 0.25) is 11.8 Å². The molecule has 5 nitrogen and oxygen atoms in total. The predicted octanol–water partition coefficient (Wildman–Crippen LogP) is 0.641. The highest BCUT2D eigenvalue weighted by Gasteiger charge is 2.31. The van der Waals surface area contributed by atoms with Crippen LogP contribution in [-0.4, -0.2) is 30.1 Å². The summed E-state index contributed by atoms with van der Waals surface area (Å²) in [5.74, 6) is -3.27. The van der Waals surface area contributed by atoms with Gasteiger partial charge in [-0.15, -0.1) is 0 Å². The maximum Gasteiger partial charge on any atom is 0.233 e. The van der Waals surface area contributed by atoms with Crippen LogP contribution in [0.1, 0.15) is 24.4 Å². The van der Waals surface area contributed by atoms with Gasteiger partial charge in [-0.2, -0.15) is 0 Å². The summed E-state index contributed by atoms with van der Waals surface area (Å²) in [6.07, 6.45) is 1.06. The molecule has 0 spiro atoms. The van der Waals surface area contributed by atoms with E-state index < -0.39 is 42.0 Å². The van der Waals surface area contributed by atoms with Crippen molar-refractivity contribution in [3.63, 3.8) is 0 Å². The number of aliphatic hydroxyl groups excluding tert-OH is 1. The third-order valence-electron chi connectivity index (χ3n) is 3.43. The molecule has 0 bridgehead atoms. The quantitative estimate of drug-likeness (QED) is 0.714. The van der Waals surface area contributed by atoms with E-state index >= 15 is 0 Å². The lowest BCUT2D eigenvalue weighted by Gasteiger charge is -2.24. The molecular formula is C14H16F2N2O3. The van der Waals surface area contributed by atoms with Crippen molar-refractivity contribution >= 4 is 11.8 Å². The molecule has 7 heteroatoms. The van der Waals surface area contributed by atoms with E-state index in [-0.39, 0.29) is 5.56 Å². The number of hydrogen-bond donors (Lipinski definition) is 3. The Morgan fingerprint density at radius 2 is 2.24 bits per heavy atom. The number of carbonyl (C=O) groups excluding carboxylic acids is 2. The molecule has 1 aliphatic heterocycles. The standard InChI is InChI=1S/C14H16F2N2O3/c15-8-3-4-11(16)10(6-8)12(7-19)18-14(21)9-2-1-5-17-13(9)20/h3-4,6,9,12,19H,1-2,5,7H2,(H,17,20)(H,18,21). The predicted molar refractivity (Wildman–Crippen MR) is 70.1 cm³/mol. The number of benzene rings is 1. The monoisotopic (exact) mass is 298 g/mol. The van der Waals surface area contributed by atoms with E-state index in [1.165, 1.54) is 0 Å². The van der Waals surface area contributed by atoms with Crippen molar-refractivity contribution in [3.05, 3.63) is 35.4 Å². The molecule has 0 aromatic heterocycles. The van der Waals surface area contributed by atoms with Crippen molar-refractivity contribution in [1.29, 1.82) is 0 Å². The first-order chi connectivity index (χ1) is 10.0. The van der Waals surface area contributed by atoms with E-state index in [0.717, 1.165) is 18.2 Å². The van der Waals surface area contributed by atoms with Gasteiger partial charge in [-0.05, 0) is 31.0 Å². The molecule has 1 saturated heterocycles. The highest BCUT2D eigenvalue weighted by atomic mass is 19.1. The molecule has 0 radical (unpaired) electrons. The van der Waals surface area contributed by atoms with Gasteiger partial charge in [0, 0.05) is 12.1 Å². The van der Waals surface area contributed by atoms with Gasteiger partial charge < -0.3 is 15.7 Å². The third kappa shape index (κ3) is 3.55. The summed E-state index contributed by atoms with van der Waals surface area (Å²) in [5.41, 5.74) is -0.151. The second-order valence-electron chi connectivity index (χ2n) is 4.90. The van der Waals surface area contributed by atoms with Gasteiger partial charge in [-0.3, -0.25) is 9.59 Å². The molecule has 1 aromatic rings. The summed E-state index contributed by atoms with van der Waals surface area (Å²) in [5, 5.41) is 14.3. The molecule has 2 rings (SSSR count). The normalized spacial score (nSPS) is 19.8. The van der Waals surface area contributed by atoms with Crippen molar-refractivity contribution < 1.29 is 23.5 Å². The van der Waals surface area contributed by atoms with Crippen LogP contribution < -0.4 is 10.6 Å². The van der Waals surface area contributed by atoms with Crippen LogP contribution in [0.3, 0.4) is 0 Å². The Morgan fingerprint density at radius 1 is 1.48 bits per heavy atom. The fourth-order valence-corrected chi connectivity index (χ4v) is 2.30. The molecule has 0 aliphatic carbocycles. The Labute approximate surface area is 120 Å². The first kappa shape index (κ1) is 15.4. The summed E-state index contributed by atoms with van der Waals surface area (Å²) in [6, 6.07) is 1.69. The molecule has 2 atom stereocenters. The molecule has 3 N–H and O–H groups in total. The topological polar surface area (TPSA) is 78.4 Å². The molecule has 1 aromatic carbocycles. The highest BCUT2D eigenvalue weighted by Crippen LogP contribution is 2.20. The van der Waals surface area contributed by atoms with Crippen LogP contribution >= 0.6 is 0 Å². The molecule has 21 heavy (non-hydrogen) atoms. The Balaban J connectivity index is 2.13. The number of carbonyl (C=O) groups is 2. The highest BCUT2D eigenvalue weighted by molar-refractivity contribution is 6.00. The van der Waals surface area contributed by atoms with E-state index in [1.54, 1.807) is 0 Å². The van der Waals surface area contributed by atoms with E-state index in [2.05, 4.69) is 10.6 Å². The van der Waals surface area contributed by atoms with Gasteiger partial charge in [-0.1, -0.05) is 0 Å². The SMILES string of the molecule is O=C1NCCCC1C(=O)NC(CO)c1cc(F)ccc1F. The average Bonchev–Trinajstić information content (AvgIpc) is 2.47. The molecular weight excluding hydrogens is 282 g/mol. The number of nitrogens with one attached hydrogen (secondary N) is 2. The fourth-order valence-electron chi connectivity index (χ4n) is 2.30. The lowest BCUT2D eigenvalue weighted by Crippen LogP contribution is -2.46. The largest absolute Gasteiger partial charge is 0.394 e. The lowest BCUT2D eigenvalue weighted by atomic mass is 9.96. The van der Waals surface area contributed by atoms with Crippen LogP contribution in [0.2, 0.25) is 0 Å². The van der Waals surface area contributed by atoms with Gasteiger partial charge >= 0.3 is 0 Å². The van der Waals surface area contributed by atoms with Crippen molar-refractivity contribution in [2.75, 3.05) is 13.2 Å². The van der Waals surface area contributed by atoms with Crippen molar-refractivity contribution in [3.8, 4) is 0 Å². The van der Waals surface area contributed by atoms with Crippen LogP contribution in [0, 0.1) is 17.6 Å². The molecule has 2 unspecified atom stereocenters. The minimum Gasteiger partial charge on any atom is -0.394 e. The van der Waals surface area contributed by atoms with Crippen LogP contribution in [0.4, 0.5) is 8.78 Å². The first-order valence-corrected chi connectivity index (χ1v) is 6.67. The Kier molecular flexibility index (Phi) is 4.85. The average molecular weight is 298 g/mol. The minimum absolute atomic E-state index is 0.151. The Bertz CT molecular complexity index is 551. The molecule has 1 fully saturated rings. The number of rotatable bonds is 4. The van der Waals surface area contributed by atoms with Crippen molar-refractivity contribution in [2.24, 2.45) is 5.92 Å². The second kappa shape index (κ2) is 6.62. The smallest absolute Gasteiger partial charge is 0.233 e. The first-order valence-electron chi connectivity index (χ1n) is 6.67. The van der Waals surface area contributed by atoms with Crippen LogP contribution in [0.15, 0.2) is 18.2 Å².